The number of hydrogen-bond acceptors (Lipinski definition) is 14. The number of fused-ring (bicyclic) bond motifs is 1. The second-order valence-electron chi connectivity index (χ2n) is 21.3. The SMILES string of the molecule is CC(C)c1ccccc1[C@@H]1CN(Cc2ccnc(Cl)c2)CCN1C1CC2(CCN(c3ccc(C(=O)NS(=O)(=O)c4cnc(NCC5CCC(C)(O)CC5)c([N+](=O)[O-])c4)c(Oc4cnc5[nH]cc(F)c5c4)c3)CC2)C1. The summed E-state index contributed by atoms with van der Waals surface area (Å²) in [5, 5.41) is 26.2. The number of nitrogens with zero attached hydrogens (tertiary/aromatic N) is 7. The molecule has 4 N–H and O–H groups in total. The van der Waals surface area contributed by atoms with Gasteiger partial charge in [0, 0.05) is 88.1 Å². The van der Waals surface area contributed by atoms with Gasteiger partial charge in [0.1, 0.15) is 33.0 Å². The highest BCUT2D eigenvalue weighted by Gasteiger charge is 2.50. The average Bonchev–Trinajstić information content (AvgIpc) is 3.74. The third kappa shape index (κ3) is 11.1. The molecule has 1 amide bonds. The number of aliphatic hydroxyl groups is 1. The number of carbonyl (C=O) groups is 1. The zero-order valence-corrected chi connectivity index (χ0v) is 43.3. The molecule has 4 fully saturated rings. The summed E-state index contributed by atoms with van der Waals surface area (Å²) in [7, 11) is -4.71. The van der Waals surface area contributed by atoms with Crippen molar-refractivity contribution >= 4 is 55.8 Å². The smallest absolute Gasteiger partial charge is 0.312 e. The number of pyridine rings is 3. The summed E-state index contributed by atoms with van der Waals surface area (Å²) in [5.74, 6) is -1.07. The van der Waals surface area contributed by atoms with Gasteiger partial charge in [-0.2, -0.15) is 0 Å². The quantitative estimate of drug-likeness (QED) is 0.0429. The van der Waals surface area contributed by atoms with Gasteiger partial charge in [-0.05, 0) is 123 Å². The Kier molecular flexibility index (Phi) is 14.4. The number of hydrogen-bond donors (Lipinski definition) is 4. The van der Waals surface area contributed by atoms with E-state index in [0.717, 1.165) is 88.5 Å². The first kappa shape index (κ1) is 51.2. The third-order valence-electron chi connectivity index (χ3n) is 15.9. The highest BCUT2D eigenvalue weighted by atomic mass is 35.5. The van der Waals surface area contributed by atoms with Crippen LogP contribution in [0, 0.1) is 27.3 Å². The number of nitro groups is 1. The van der Waals surface area contributed by atoms with E-state index in [1.807, 2.05) is 12.1 Å². The molecule has 6 aromatic rings. The molecule has 17 nitrogen and oxygen atoms in total. The number of H-pyrrole nitrogens is 1. The number of aromatic nitrogens is 4. The van der Waals surface area contributed by atoms with E-state index in [0.29, 0.717) is 55.0 Å². The van der Waals surface area contributed by atoms with Crippen LogP contribution < -0.4 is 19.7 Å². The van der Waals surface area contributed by atoms with E-state index in [-0.39, 0.29) is 45.6 Å². The molecule has 2 saturated carbocycles. The van der Waals surface area contributed by atoms with Crippen molar-refractivity contribution in [2.75, 3.05) is 49.5 Å². The molecule has 2 saturated heterocycles. The van der Waals surface area contributed by atoms with Crippen LogP contribution in [0.5, 0.6) is 11.5 Å². The van der Waals surface area contributed by atoms with E-state index in [9.17, 15) is 32.8 Å². The summed E-state index contributed by atoms with van der Waals surface area (Å²) in [5.41, 5.74) is 3.69. The Morgan fingerprint density at radius 3 is 2.51 bits per heavy atom. The lowest BCUT2D eigenvalue weighted by molar-refractivity contribution is -0.384. The lowest BCUT2D eigenvalue weighted by Crippen LogP contribution is -2.60. The van der Waals surface area contributed by atoms with Gasteiger partial charge < -0.3 is 25.0 Å². The molecule has 1 spiro atoms. The first-order valence-electron chi connectivity index (χ1n) is 25.5. The molecule has 10 rings (SSSR count). The van der Waals surface area contributed by atoms with Crippen molar-refractivity contribution in [1.82, 2.24) is 34.5 Å². The molecule has 2 aliphatic heterocycles. The minimum atomic E-state index is -4.71. The molecule has 0 unspecified atom stereocenters. The van der Waals surface area contributed by atoms with Crippen molar-refractivity contribution in [1.29, 1.82) is 0 Å². The Morgan fingerprint density at radius 2 is 1.77 bits per heavy atom. The van der Waals surface area contributed by atoms with E-state index < -0.39 is 42.9 Å². The first-order chi connectivity index (χ1) is 35.4. The zero-order valence-electron chi connectivity index (χ0n) is 41.8. The van der Waals surface area contributed by atoms with Crippen LogP contribution in [-0.2, 0) is 16.6 Å². The van der Waals surface area contributed by atoms with Crippen molar-refractivity contribution in [3.63, 3.8) is 0 Å². The average molecular weight is 1050 g/mol. The van der Waals surface area contributed by atoms with Gasteiger partial charge in [-0.15, -0.1) is 0 Å². The number of nitrogens with one attached hydrogen (secondary N) is 3. The number of piperazine rings is 1. The maximum Gasteiger partial charge on any atom is 0.312 e. The summed E-state index contributed by atoms with van der Waals surface area (Å²) in [6.45, 7) is 11.8. The first-order valence-corrected chi connectivity index (χ1v) is 27.3. The molecule has 1 atom stereocenters. The predicted octanol–water partition coefficient (Wildman–Crippen LogP) is 9.75. The van der Waals surface area contributed by atoms with Crippen molar-refractivity contribution in [2.24, 2.45) is 11.3 Å². The van der Waals surface area contributed by atoms with Gasteiger partial charge >= 0.3 is 5.69 Å². The second kappa shape index (κ2) is 20.8. The molecule has 2 aliphatic carbocycles. The molecule has 0 bridgehead atoms. The van der Waals surface area contributed by atoms with Crippen molar-refractivity contribution in [3.05, 3.63) is 135 Å². The third-order valence-corrected chi connectivity index (χ3v) is 17.4. The van der Waals surface area contributed by atoms with Gasteiger partial charge in [0.05, 0.1) is 33.9 Å². The number of amides is 1. The summed E-state index contributed by atoms with van der Waals surface area (Å²) < 4.78 is 50.6. The van der Waals surface area contributed by atoms with E-state index in [1.165, 1.54) is 35.7 Å². The van der Waals surface area contributed by atoms with Crippen LogP contribution in [-0.4, -0.2) is 105 Å². The van der Waals surface area contributed by atoms with Crippen molar-refractivity contribution in [2.45, 2.75) is 107 Å². The number of rotatable bonds is 15. The number of carbonyl (C=O) groups excluding carboxylic acids is 1. The number of benzene rings is 2. The van der Waals surface area contributed by atoms with Gasteiger partial charge in [-0.25, -0.2) is 32.5 Å². The van der Waals surface area contributed by atoms with Gasteiger partial charge in [0.2, 0.25) is 5.82 Å². The van der Waals surface area contributed by atoms with Crippen LogP contribution in [0.1, 0.15) is 111 Å². The Bertz CT molecular complexity index is 3170. The molecular weight excluding hydrogens is 987 g/mol. The summed E-state index contributed by atoms with van der Waals surface area (Å²) >= 11 is 6.28. The van der Waals surface area contributed by atoms with Crippen LogP contribution in [0.15, 0.2) is 96.4 Å². The minimum absolute atomic E-state index is 0.00283. The molecule has 4 aromatic heterocycles. The molecule has 2 aromatic carbocycles. The minimum Gasteiger partial charge on any atom is -0.455 e. The van der Waals surface area contributed by atoms with Crippen LogP contribution in [0.2, 0.25) is 5.15 Å². The van der Waals surface area contributed by atoms with Crippen LogP contribution in [0.4, 0.5) is 21.6 Å². The van der Waals surface area contributed by atoms with Crippen molar-refractivity contribution < 1.29 is 32.4 Å². The molecule has 390 valence electrons. The van der Waals surface area contributed by atoms with Gasteiger partial charge in [-0.3, -0.25) is 24.7 Å². The van der Waals surface area contributed by atoms with Crippen molar-refractivity contribution in [3.8, 4) is 11.5 Å². The molecule has 6 heterocycles. The monoisotopic (exact) mass is 1050 g/mol. The number of aromatic amines is 1. The highest BCUT2D eigenvalue weighted by Crippen LogP contribution is 2.53. The number of sulfonamides is 1. The maximum absolute atomic E-state index is 14.7. The number of halogens is 2. The fraction of sp³-hybridized carbons (Fsp3) is 0.444. The standard InChI is InChI=1S/C54H62ClFN10O7S/c1-34(2)41-6-4-5-7-42(41)47-33-63(32-36-12-17-57-49(55)22-36)20-21-65(47)38-26-54(27-38)15-18-64(19-16-54)37-8-9-43(48(23-37)73-39-24-44-45(56)31-61-50(44)59-29-39)52(67)62-74(71,72)40-25-46(66(69)70)51(60-30-40)58-28-35-10-13-53(3,68)14-11-35/h4-9,12,17,22-25,29-31,34-35,38,47,68H,10-11,13-16,18-21,26-28,32-33H2,1-3H3,(H,58,60)(H,59,61)(H,62,67)/t35?,47-,53?/m0/s1. The predicted molar refractivity (Wildman–Crippen MR) is 281 cm³/mol. The largest absolute Gasteiger partial charge is 0.455 e. The van der Waals surface area contributed by atoms with Crippen LogP contribution in [0.25, 0.3) is 11.0 Å². The Balaban J connectivity index is 0.841. The molecular formula is C54H62ClFN10O7S. The second-order valence-corrected chi connectivity index (χ2v) is 23.4. The molecule has 74 heavy (non-hydrogen) atoms. The maximum atomic E-state index is 14.7. The fourth-order valence-electron chi connectivity index (χ4n) is 11.6. The van der Waals surface area contributed by atoms with Crippen LogP contribution in [0.3, 0.4) is 0 Å². The van der Waals surface area contributed by atoms with Crippen LogP contribution >= 0.6 is 11.6 Å². The summed E-state index contributed by atoms with van der Waals surface area (Å²) in [6, 6.07) is 20.8. The topological polar surface area (TPSA) is 212 Å². The normalized spacial score (nSPS) is 21.7. The highest BCUT2D eigenvalue weighted by molar-refractivity contribution is 7.90. The summed E-state index contributed by atoms with van der Waals surface area (Å²) in [4.78, 5) is 47.8. The van der Waals surface area contributed by atoms with E-state index in [1.54, 1.807) is 25.3 Å². The lowest BCUT2D eigenvalue weighted by Gasteiger charge is -2.58. The number of piperidine rings is 1. The Hall–Kier alpha value is -6.25. The van der Waals surface area contributed by atoms with E-state index in [4.69, 9.17) is 16.3 Å². The summed E-state index contributed by atoms with van der Waals surface area (Å²) in [6.07, 6.45) is 12.0. The lowest BCUT2D eigenvalue weighted by atomic mass is 9.59. The fourth-order valence-corrected chi connectivity index (χ4v) is 12.8. The molecule has 4 aliphatic rings. The van der Waals surface area contributed by atoms with E-state index in [2.05, 4.69) is 82.8 Å². The number of ether oxygens (including phenoxy) is 1. The number of anilines is 2. The zero-order chi connectivity index (χ0) is 51.9. The Morgan fingerprint density at radius 1 is 1.00 bits per heavy atom. The van der Waals surface area contributed by atoms with Gasteiger partial charge in [-0.1, -0.05) is 49.7 Å². The molecule has 0 radical (unpaired) electrons. The van der Waals surface area contributed by atoms with Gasteiger partial charge in [0.25, 0.3) is 15.9 Å². The Labute approximate surface area is 435 Å². The van der Waals surface area contributed by atoms with Gasteiger partial charge in [0.15, 0.2) is 0 Å². The molecule has 20 heteroatoms. The van der Waals surface area contributed by atoms with E-state index >= 15 is 0 Å².